The van der Waals surface area contributed by atoms with Crippen LogP contribution < -0.4 is 9.62 Å². The SMILES string of the molecule is O=[N+]([O-])c1ccc(S(=O)(=O)NCCN2CCN(c3nc(Cc4ccccc4)ns3)CC2)cc1. The molecule has 1 fully saturated rings. The molecule has 174 valence electrons. The van der Waals surface area contributed by atoms with Gasteiger partial charge in [0.15, 0.2) is 0 Å². The van der Waals surface area contributed by atoms with Crippen LogP contribution in [0.4, 0.5) is 10.8 Å². The molecular weight excluding hydrogens is 464 g/mol. The second-order valence-electron chi connectivity index (χ2n) is 7.63. The number of nitrogens with zero attached hydrogens (tertiary/aromatic N) is 5. The zero-order valence-corrected chi connectivity index (χ0v) is 19.5. The molecule has 1 aromatic heterocycles. The molecule has 0 bridgehead atoms. The van der Waals surface area contributed by atoms with Crippen molar-refractivity contribution in [2.24, 2.45) is 0 Å². The van der Waals surface area contributed by atoms with E-state index in [1.807, 2.05) is 18.2 Å². The Balaban J connectivity index is 1.22. The number of nitro groups is 1. The Morgan fingerprint density at radius 3 is 2.39 bits per heavy atom. The van der Waals surface area contributed by atoms with Crippen LogP contribution in [0.3, 0.4) is 0 Å². The zero-order valence-electron chi connectivity index (χ0n) is 17.8. The van der Waals surface area contributed by atoms with Gasteiger partial charge in [0.25, 0.3) is 5.69 Å². The summed E-state index contributed by atoms with van der Waals surface area (Å²) in [5.41, 5.74) is 1.04. The van der Waals surface area contributed by atoms with Crippen molar-refractivity contribution in [2.45, 2.75) is 11.3 Å². The lowest BCUT2D eigenvalue weighted by Gasteiger charge is -2.34. The minimum atomic E-state index is -3.71. The Hall–Kier alpha value is -2.93. The fourth-order valence-electron chi connectivity index (χ4n) is 3.55. The lowest BCUT2D eigenvalue weighted by atomic mass is 10.1. The Morgan fingerprint density at radius 2 is 1.73 bits per heavy atom. The number of piperazine rings is 1. The summed E-state index contributed by atoms with van der Waals surface area (Å²) in [5.74, 6) is 0.823. The van der Waals surface area contributed by atoms with Crippen LogP contribution >= 0.6 is 11.5 Å². The van der Waals surface area contributed by atoms with E-state index >= 15 is 0 Å². The van der Waals surface area contributed by atoms with Crippen LogP contribution in [0.5, 0.6) is 0 Å². The standard InChI is InChI=1S/C21H24N6O4S2/c28-27(29)18-6-8-19(9-7-18)33(30,31)22-10-11-25-12-14-26(15-13-25)21-23-20(24-32-21)16-17-4-2-1-3-5-17/h1-9,22H,10-16H2. The summed E-state index contributed by atoms with van der Waals surface area (Å²) in [6.45, 7) is 4.04. The number of anilines is 1. The van der Waals surface area contributed by atoms with Gasteiger partial charge >= 0.3 is 0 Å². The van der Waals surface area contributed by atoms with Crippen LogP contribution in [0, 0.1) is 10.1 Å². The summed E-state index contributed by atoms with van der Waals surface area (Å²) in [7, 11) is -3.71. The molecule has 10 nitrogen and oxygen atoms in total. The van der Waals surface area contributed by atoms with Crippen molar-refractivity contribution in [1.29, 1.82) is 0 Å². The van der Waals surface area contributed by atoms with Gasteiger partial charge < -0.3 is 4.90 Å². The molecule has 0 radical (unpaired) electrons. The number of nitrogens with one attached hydrogen (secondary N) is 1. The first-order valence-corrected chi connectivity index (χ1v) is 12.7. The maximum Gasteiger partial charge on any atom is 0.269 e. The predicted molar refractivity (Wildman–Crippen MR) is 126 cm³/mol. The molecule has 3 aromatic rings. The predicted octanol–water partition coefficient (Wildman–Crippen LogP) is 2.14. The molecule has 2 heterocycles. The minimum Gasteiger partial charge on any atom is -0.344 e. The Bertz CT molecular complexity index is 1180. The number of aromatic nitrogens is 2. The van der Waals surface area contributed by atoms with Gasteiger partial charge in [-0.05, 0) is 17.7 Å². The van der Waals surface area contributed by atoms with E-state index in [4.69, 9.17) is 0 Å². The fourth-order valence-corrected chi connectivity index (χ4v) is 5.31. The van der Waals surface area contributed by atoms with Crippen LogP contribution in [-0.2, 0) is 16.4 Å². The van der Waals surface area contributed by atoms with Gasteiger partial charge in [-0.25, -0.2) is 18.1 Å². The van der Waals surface area contributed by atoms with Gasteiger partial charge in [0.2, 0.25) is 15.2 Å². The topological polar surface area (TPSA) is 122 Å². The molecule has 1 saturated heterocycles. The van der Waals surface area contributed by atoms with Gasteiger partial charge in [-0.3, -0.25) is 15.0 Å². The lowest BCUT2D eigenvalue weighted by molar-refractivity contribution is -0.384. The van der Waals surface area contributed by atoms with Gasteiger partial charge in [0.05, 0.1) is 9.82 Å². The van der Waals surface area contributed by atoms with Crippen LogP contribution in [0.1, 0.15) is 11.4 Å². The largest absolute Gasteiger partial charge is 0.344 e. The highest BCUT2D eigenvalue weighted by molar-refractivity contribution is 7.89. The van der Waals surface area contributed by atoms with E-state index < -0.39 is 14.9 Å². The first kappa shape index (κ1) is 23.2. The molecule has 33 heavy (non-hydrogen) atoms. The fraction of sp³-hybridized carbons (Fsp3) is 0.333. The first-order chi connectivity index (χ1) is 15.9. The minimum absolute atomic E-state index is 0.0143. The quantitative estimate of drug-likeness (QED) is 0.359. The highest BCUT2D eigenvalue weighted by Gasteiger charge is 2.21. The van der Waals surface area contributed by atoms with E-state index in [0.717, 1.165) is 37.1 Å². The van der Waals surface area contributed by atoms with Crippen molar-refractivity contribution < 1.29 is 13.3 Å². The number of benzene rings is 2. The molecule has 0 atom stereocenters. The van der Waals surface area contributed by atoms with Crippen molar-refractivity contribution >= 4 is 32.4 Å². The number of non-ortho nitro benzene ring substituents is 1. The molecule has 1 aliphatic rings. The van der Waals surface area contributed by atoms with Gasteiger partial charge in [0, 0.05) is 69.4 Å². The van der Waals surface area contributed by atoms with E-state index in [2.05, 4.69) is 36.0 Å². The monoisotopic (exact) mass is 488 g/mol. The first-order valence-electron chi connectivity index (χ1n) is 10.5. The summed E-state index contributed by atoms with van der Waals surface area (Å²) >= 11 is 1.41. The smallest absolute Gasteiger partial charge is 0.269 e. The molecule has 1 aliphatic heterocycles. The molecular formula is C21H24N6O4S2. The van der Waals surface area contributed by atoms with E-state index in [1.54, 1.807) is 0 Å². The Labute approximate surface area is 196 Å². The molecule has 1 N–H and O–H groups in total. The second kappa shape index (κ2) is 10.3. The number of nitro benzene ring substituents is 1. The molecule has 0 saturated carbocycles. The third-order valence-electron chi connectivity index (χ3n) is 5.38. The molecule has 0 spiro atoms. The van der Waals surface area contributed by atoms with Crippen molar-refractivity contribution in [2.75, 3.05) is 44.2 Å². The van der Waals surface area contributed by atoms with Crippen molar-refractivity contribution in [3.63, 3.8) is 0 Å². The van der Waals surface area contributed by atoms with Crippen LogP contribution in [-0.4, -0.2) is 66.9 Å². The summed E-state index contributed by atoms with van der Waals surface area (Å²) < 4.78 is 31.9. The number of sulfonamides is 1. The third-order valence-corrected chi connectivity index (χ3v) is 7.67. The maximum absolute atomic E-state index is 12.4. The molecule has 0 aliphatic carbocycles. The van der Waals surface area contributed by atoms with Crippen LogP contribution in [0.15, 0.2) is 59.5 Å². The molecule has 0 unspecified atom stereocenters. The Morgan fingerprint density at radius 1 is 1.03 bits per heavy atom. The molecule has 2 aromatic carbocycles. The zero-order chi connectivity index (χ0) is 23.3. The Kier molecular flexibility index (Phi) is 7.28. The average Bonchev–Trinajstić information content (AvgIpc) is 3.28. The molecule has 12 heteroatoms. The summed E-state index contributed by atoms with van der Waals surface area (Å²) in [4.78, 5) is 19.3. The van der Waals surface area contributed by atoms with E-state index in [1.165, 1.54) is 41.4 Å². The summed E-state index contributed by atoms with van der Waals surface area (Å²) in [6, 6.07) is 15.0. The average molecular weight is 489 g/mol. The van der Waals surface area contributed by atoms with Gasteiger partial charge in [-0.15, -0.1) is 0 Å². The van der Waals surface area contributed by atoms with Crippen molar-refractivity contribution in [3.05, 3.63) is 76.1 Å². The highest BCUT2D eigenvalue weighted by Crippen LogP contribution is 2.20. The normalized spacial score (nSPS) is 15.0. The van der Waals surface area contributed by atoms with Gasteiger partial charge in [0.1, 0.15) is 5.82 Å². The summed E-state index contributed by atoms with van der Waals surface area (Å²) in [5, 5.41) is 11.6. The molecule has 4 rings (SSSR count). The van der Waals surface area contributed by atoms with E-state index in [0.29, 0.717) is 13.0 Å². The highest BCUT2D eigenvalue weighted by atomic mass is 32.2. The van der Waals surface area contributed by atoms with Crippen molar-refractivity contribution in [1.82, 2.24) is 19.0 Å². The maximum atomic E-state index is 12.4. The number of rotatable bonds is 9. The number of hydrogen-bond donors (Lipinski definition) is 1. The number of hydrogen-bond acceptors (Lipinski definition) is 9. The van der Waals surface area contributed by atoms with Crippen LogP contribution in [0.25, 0.3) is 0 Å². The van der Waals surface area contributed by atoms with Gasteiger partial charge in [-0.1, -0.05) is 30.3 Å². The van der Waals surface area contributed by atoms with Crippen LogP contribution in [0.2, 0.25) is 0 Å². The lowest BCUT2D eigenvalue weighted by Crippen LogP contribution is -2.48. The van der Waals surface area contributed by atoms with E-state index in [9.17, 15) is 18.5 Å². The van der Waals surface area contributed by atoms with E-state index in [-0.39, 0.29) is 17.1 Å². The summed E-state index contributed by atoms with van der Waals surface area (Å²) in [6.07, 6.45) is 0.714. The van der Waals surface area contributed by atoms with Gasteiger partial charge in [-0.2, -0.15) is 4.37 Å². The second-order valence-corrected chi connectivity index (χ2v) is 10.1. The van der Waals surface area contributed by atoms with Crippen molar-refractivity contribution in [3.8, 4) is 0 Å². The third kappa shape index (κ3) is 6.11. The molecule has 0 amide bonds.